The van der Waals surface area contributed by atoms with Crippen molar-refractivity contribution in [1.29, 1.82) is 0 Å². The van der Waals surface area contributed by atoms with E-state index in [0.29, 0.717) is 9.71 Å². The van der Waals surface area contributed by atoms with Crippen LogP contribution in [0.1, 0.15) is 23.6 Å². The molecule has 4 nitrogen and oxygen atoms in total. The quantitative estimate of drug-likeness (QED) is 0.422. The molecule has 0 unspecified atom stereocenters. The first-order valence-corrected chi connectivity index (χ1v) is 10.9. The lowest BCUT2D eigenvalue weighted by Crippen LogP contribution is -2.16. The molecule has 1 heterocycles. The molecule has 3 rings (SSSR count). The van der Waals surface area contributed by atoms with E-state index in [1.807, 2.05) is 56.3 Å². The molecule has 1 aromatic heterocycles. The van der Waals surface area contributed by atoms with Gasteiger partial charge in [0.1, 0.15) is 0 Å². The fourth-order valence-corrected chi connectivity index (χ4v) is 4.92. The van der Waals surface area contributed by atoms with E-state index < -0.39 is 0 Å². The van der Waals surface area contributed by atoms with E-state index in [9.17, 15) is 4.79 Å². The molecule has 0 fully saturated rings. The Hall–Kier alpha value is -1.96. The predicted octanol–water partition coefficient (Wildman–Crippen LogP) is 5.57. The van der Waals surface area contributed by atoms with Crippen LogP contribution in [0.15, 0.2) is 46.8 Å². The molecule has 0 saturated carbocycles. The van der Waals surface area contributed by atoms with Crippen molar-refractivity contribution in [3.05, 3.63) is 63.1 Å². The highest BCUT2D eigenvalue weighted by Gasteiger charge is 2.12. The standard InChI is InChI=1S/C20H21N3OS3/c1-4-15-10-7-9-14(3)18(15)21-17(24)12-26-19-22-23(20(25)27-19)16-11-6-5-8-13(16)2/h5-11H,4,12H2,1-3H3,(H,21,24). The van der Waals surface area contributed by atoms with Gasteiger partial charge in [0.05, 0.1) is 11.4 Å². The topological polar surface area (TPSA) is 46.9 Å². The van der Waals surface area contributed by atoms with Gasteiger partial charge in [0.25, 0.3) is 0 Å². The van der Waals surface area contributed by atoms with Crippen LogP contribution in [0.4, 0.5) is 5.69 Å². The zero-order valence-electron chi connectivity index (χ0n) is 15.5. The smallest absolute Gasteiger partial charge is 0.234 e. The SMILES string of the molecule is CCc1cccc(C)c1NC(=O)CSc1nn(-c2ccccc2C)c(=S)s1. The lowest BCUT2D eigenvalue weighted by atomic mass is 10.1. The Kier molecular flexibility index (Phi) is 6.46. The number of aryl methyl sites for hydroxylation is 3. The van der Waals surface area contributed by atoms with Gasteiger partial charge in [0.15, 0.2) is 8.29 Å². The van der Waals surface area contributed by atoms with E-state index in [4.69, 9.17) is 12.2 Å². The molecule has 27 heavy (non-hydrogen) atoms. The van der Waals surface area contributed by atoms with E-state index in [1.165, 1.54) is 23.1 Å². The molecule has 0 radical (unpaired) electrons. The summed E-state index contributed by atoms with van der Waals surface area (Å²) in [6.07, 6.45) is 0.882. The minimum atomic E-state index is -0.0347. The second-order valence-corrected chi connectivity index (χ2v) is 8.98. The maximum Gasteiger partial charge on any atom is 0.234 e. The highest BCUT2D eigenvalue weighted by molar-refractivity contribution is 8.01. The van der Waals surface area contributed by atoms with Crippen LogP contribution in [-0.2, 0) is 11.2 Å². The number of aromatic nitrogens is 2. The average molecular weight is 416 g/mol. The number of hydrogen-bond donors (Lipinski definition) is 1. The molecule has 0 atom stereocenters. The Morgan fingerprint density at radius 2 is 1.93 bits per heavy atom. The van der Waals surface area contributed by atoms with Gasteiger partial charge in [-0.15, -0.1) is 5.10 Å². The summed E-state index contributed by atoms with van der Waals surface area (Å²) in [5.74, 6) is 0.264. The number of anilines is 1. The van der Waals surface area contributed by atoms with Crippen LogP contribution in [0.3, 0.4) is 0 Å². The van der Waals surface area contributed by atoms with Gasteiger partial charge in [-0.3, -0.25) is 4.79 Å². The molecule has 0 spiro atoms. The van der Waals surface area contributed by atoms with Crippen LogP contribution < -0.4 is 5.32 Å². The third-order valence-corrected chi connectivity index (χ3v) is 6.57. The Bertz CT molecular complexity index is 1020. The highest BCUT2D eigenvalue weighted by atomic mass is 32.2. The molecule has 3 aromatic rings. The number of nitrogens with one attached hydrogen (secondary N) is 1. The summed E-state index contributed by atoms with van der Waals surface area (Å²) in [5.41, 5.74) is 5.23. The van der Waals surface area contributed by atoms with Gasteiger partial charge in [-0.05, 0) is 55.2 Å². The van der Waals surface area contributed by atoms with Crippen molar-refractivity contribution in [2.45, 2.75) is 31.5 Å². The van der Waals surface area contributed by atoms with Crippen molar-refractivity contribution in [2.24, 2.45) is 0 Å². The number of rotatable bonds is 6. The van der Waals surface area contributed by atoms with Gasteiger partial charge in [-0.2, -0.15) is 0 Å². The van der Waals surface area contributed by atoms with Crippen LogP contribution >= 0.6 is 35.3 Å². The zero-order chi connectivity index (χ0) is 19.4. The molecule has 1 N–H and O–H groups in total. The minimum Gasteiger partial charge on any atom is -0.325 e. The molecule has 7 heteroatoms. The number of hydrogen-bond acceptors (Lipinski definition) is 5. The van der Waals surface area contributed by atoms with Crippen LogP contribution in [0.25, 0.3) is 5.69 Å². The molecule has 0 saturated heterocycles. The fraction of sp³-hybridized carbons (Fsp3) is 0.250. The molecule has 0 aliphatic carbocycles. The number of para-hydroxylation sites is 2. The monoisotopic (exact) mass is 415 g/mol. The molecule has 0 bridgehead atoms. The number of amides is 1. The molecule has 2 aromatic carbocycles. The van der Waals surface area contributed by atoms with Crippen molar-refractivity contribution in [3.8, 4) is 5.69 Å². The third-order valence-electron chi connectivity index (χ3n) is 4.20. The molecular weight excluding hydrogens is 394 g/mol. The van der Waals surface area contributed by atoms with Crippen molar-refractivity contribution in [2.75, 3.05) is 11.1 Å². The Balaban J connectivity index is 1.70. The molecule has 140 valence electrons. The van der Waals surface area contributed by atoms with Crippen molar-refractivity contribution >= 4 is 46.9 Å². The van der Waals surface area contributed by atoms with Gasteiger partial charge in [0, 0.05) is 5.69 Å². The molecular formula is C20H21N3OS3. The predicted molar refractivity (Wildman–Crippen MR) is 117 cm³/mol. The van der Waals surface area contributed by atoms with Gasteiger partial charge in [-0.1, -0.05) is 66.4 Å². The van der Waals surface area contributed by atoms with Crippen molar-refractivity contribution in [3.63, 3.8) is 0 Å². The Labute approximate surface area is 172 Å². The maximum atomic E-state index is 12.4. The van der Waals surface area contributed by atoms with E-state index >= 15 is 0 Å². The largest absolute Gasteiger partial charge is 0.325 e. The summed E-state index contributed by atoms with van der Waals surface area (Å²) >= 11 is 8.29. The summed E-state index contributed by atoms with van der Waals surface area (Å²) in [4.78, 5) is 12.4. The lowest BCUT2D eigenvalue weighted by molar-refractivity contribution is -0.113. The summed E-state index contributed by atoms with van der Waals surface area (Å²) in [7, 11) is 0. The lowest BCUT2D eigenvalue weighted by Gasteiger charge is -2.12. The van der Waals surface area contributed by atoms with Crippen LogP contribution in [0.5, 0.6) is 0 Å². The number of thioether (sulfide) groups is 1. The normalized spacial score (nSPS) is 10.8. The van der Waals surface area contributed by atoms with E-state index in [0.717, 1.165) is 38.8 Å². The van der Waals surface area contributed by atoms with Gasteiger partial charge in [-0.25, -0.2) is 4.68 Å². The van der Waals surface area contributed by atoms with Crippen LogP contribution in [0, 0.1) is 17.8 Å². The zero-order valence-corrected chi connectivity index (χ0v) is 17.9. The number of carbonyl (C=O) groups is 1. The molecule has 1 amide bonds. The fourth-order valence-electron chi connectivity index (χ4n) is 2.78. The first kappa shape index (κ1) is 19.8. The average Bonchev–Trinajstić information content (AvgIpc) is 3.02. The summed E-state index contributed by atoms with van der Waals surface area (Å²) in [5, 5.41) is 7.63. The summed E-state index contributed by atoms with van der Waals surface area (Å²) in [6.45, 7) is 6.13. The van der Waals surface area contributed by atoms with Gasteiger partial charge < -0.3 is 5.32 Å². The number of benzene rings is 2. The van der Waals surface area contributed by atoms with Crippen LogP contribution in [-0.4, -0.2) is 21.4 Å². The Morgan fingerprint density at radius 3 is 2.67 bits per heavy atom. The third kappa shape index (κ3) is 4.66. The summed E-state index contributed by atoms with van der Waals surface area (Å²) < 4.78 is 3.24. The van der Waals surface area contributed by atoms with Gasteiger partial charge >= 0.3 is 0 Å². The maximum absolute atomic E-state index is 12.4. The van der Waals surface area contributed by atoms with Crippen molar-refractivity contribution in [1.82, 2.24) is 9.78 Å². The Morgan fingerprint density at radius 1 is 1.19 bits per heavy atom. The second kappa shape index (κ2) is 8.82. The minimum absolute atomic E-state index is 0.0347. The first-order valence-electron chi connectivity index (χ1n) is 8.67. The van der Waals surface area contributed by atoms with E-state index in [1.54, 1.807) is 4.68 Å². The van der Waals surface area contributed by atoms with Crippen LogP contribution in [0.2, 0.25) is 0 Å². The highest BCUT2D eigenvalue weighted by Crippen LogP contribution is 2.26. The number of carbonyl (C=O) groups excluding carboxylic acids is 1. The van der Waals surface area contributed by atoms with E-state index in [2.05, 4.69) is 17.3 Å². The molecule has 0 aliphatic rings. The second-order valence-electron chi connectivity index (χ2n) is 6.13. The van der Waals surface area contributed by atoms with Crippen molar-refractivity contribution < 1.29 is 4.79 Å². The van der Waals surface area contributed by atoms with Gasteiger partial charge in [0.2, 0.25) is 5.91 Å². The number of nitrogens with zero attached hydrogens (tertiary/aromatic N) is 2. The first-order chi connectivity index (χ1) is 13.0. The molecule has 0 aliphatic heterocycles. The van der Waals surface area contributed by atoms with E-state index in [-0.39, 0.29) is 5.91 Å². The summed E-state index contributed by atoms with van der Waals surface area (Å²) in [6, 6.07) is 14.1.